The van der Waals surface area contributed by atoms with E-state index in [2.05, 4.69) is 17.6 Å². The third-order valence-electron chi connectivity index (χ3n) is 6.57. The highest BCUT2D eigenvalue weighted by Gasteiger charge is 2.36. The number of unbranched alkanes of at least 4 members (excludes halogenated alkanes) is 2. The largest absolute Gasteiger partial charge is 0.507 e. The first-order valence-electron chi connectivity index (χ1n) is 11.9. The maximum atomic E-state index is 13.7. The third-order valence-corrected chi connectivity index (χ3v) is 6.57. The molecule has 0 spiro atoms. The number of hydrogen-bond donors (Lipinski definition) is 3. The minimum Gasteiger partial charge on any atom is -0.507 e. The van der Waals surface area contributed by atoms with E-state index in [9.17, 15) is 19.5 Å². The Morgan fingerprint density at radius 2 is 1.79 bits per heavy atom. The van der Waals surface area contributed by atoms with E-state index in [0.717, 1.165) is 36.0 Å². The Labute approximate surface area is 201 Å². The van der Waals surface area contributed by atoms with E-state index in [1.165, 1.54) is 6.92 Å². The highest BCUT2D eigenvalue weighted by Crippen LogP contribution is 2.35. The Bertz CT molecular complexity index is 1110. The molecule has 0 radical (unpaired) electrons. The first kappa shape index (κ1) is 25.3. The molecule has 3 N–H and O–H groups in total. The molecule has 1 aliphatic rings. The quantitative estimate of drug-likeness (QED) is 0.399. The zero-order chi connectivity index (χ0) is 25.0. The summed E-state index contributed by atoms with van der Waals surface area (Å²) in [7, 11) is 0. The van der Waals surface area contributed by atoms with Crippen LogP contribution in [-0.2, 0) is 20.8 Å². The number of nitrogens with one attached hydrogen (secondary N) is 2. The highest BCUT2D eigenvalue weighted by molar-refractivity contribution is 5.99. The van der Waals surface area contributed by atoms with Crippen LogP contribution in [0.1, 0.15) is 73.4 Å². The summed E-state index contributed by atoms with van der Waals surface area (Å²) in [5.74, 6) is -0.336. The number of benzene rings is 2. The molecule has 2 aromatic rings. The van der Waals surface area contributed by atoms with Gasteiger partial charge in [-0.05, 0) is 79.6 Å². The molecule has 34 heavy (non-hydrogen) atoms. The van der Waals surface area contributed by atoms with Gasteiger partial charge in [0, 0.05) is 31.3 Å². The van der Waals surface area contributed by atoms with Crippen molar-refractivity contribution in [1.29, 1.82) is 0 Å². The Morgan fingerprint density at radius 3 is 2.47 bits per heavy atom. The summed E-state index contributed by atoms with van der Waals surface area (Å²) in [5, 5.41) is 16.0. The van der Waals surface area contributed by atoms with Crippen LogP contribution in [0, 0.1) is 20.8 Å². The zero-order valence-corrected chi connectivity index (χ0v) is 20.7. The molecule has 3 amide bonds. The number of rotatable bonds is 7. The summed E-state index contributed by atoms with van der Waals surface area (Å²) in [6, 6.07) is 6.48. The molecular formula is C27H35N3O4. The van der Waals surface area contributed by atoms with Crippen LogP contribution in [0.3, 0.4) is 0 Å². The third kappa shape index (κ3) is 5.41. The standard InChI is InChI=1S/C27H35N3O4/c1-6-7-8-9-24(32)30-13-12-20-10-11-21(28-19(5)31)15-22(20)25(30)27(34)29-23-14-16(2)26(33)18(4)17(23)3/h10-11,14-15,25,33H,6-9,12-13H2,1-5H3,(H,28,31)(H,29,34). The number of aryl methyl sites for hydroxylation is 1. The molecule has 0 fully saturated rings. The number of carbonyl (C=O) groups excluding carboxylic acids is 3. The van der Waals surface area contributed by atoms with Crippen LogP contribution in [-0.4, -0.2) is 34.3 Å². The fourth-order valence-electron chi connectivity index (χ4n) is 4.52. The highest BCUT2D eigenvalue weighted by atomic mass is 16.3. The van der Waals surface area contributed by atoms with E-state index < -0.39 is 6.04 Å². The SMILES string of the molecule is CCCCCC(=O)N1CCc2ccc(NC(C)=O)cc2C1C(=O)Nc1cc(C)c(O)c(C)c1C. The molecule has 1 unspecified atom stereocenters. The molecule has 182 valence electrons. The molecule has 7 heteroatoms. The molecule has 1 aliphatic heterocycles. The van der Waals surface area contributed by atoms with Crippen LogP contribution in [0.5, 0.6) is 5.75 Å². The van der Waals surface area contributed by atoms with Crippen molar-refractivity contribution >= 4 is 29.1 Å². The fourth-order valence-corrected chi connectivity index (χ4v) is 4.52. The maximum absolute atomic E-state index is 13.7. The molecule has 3 rings (SSSR count). The van der Waals surface area contributed by atoms with Crippen LogP contribution < -0.4 is 10.6 Å². The molecule has 2 aromatic carbocycles. The number of fused-ring (bicyclic) bond motifs is 1. The molecule has 0 saturated heterocycles. The Balaban J connectivity index is 2.00. The van der Waals surface area contributed by atoms with Gasteiger partial charge >= 0.3 is 0 Å². The van der Waals surface area contributed by atoms with Gasteiger partial charge in [-0.1, -0.05) is 25.8 Å². The van der Waals surface area contributed by atoms with Crippen LogP contribution >= 0.6 is 0 Å². The van der Waals surface area contributed by atoms with Crippen LogP contribution in [0.2, 0.25) is 0 Å². The summed E-state index contributed by atoms with van der Waals surface area (Å²) in [5.41, 5.74) is 5.08. The second-order valence-corrected chi connectivity index (χ2v) is 9.12. The molecular weight excluding hydrogens is 430 g/mol. The predicted octanol–water partition coefficient (Wildman–Crippen LogP) is 4.92. The summed E-state index contributed by atoms with van der Waals surface area (Å²) in [4.78, 5) is 40.2. The lowest BCUT2D eigenvalue weighted by Gasteiger charge is -2.37. The average Bonchev–Trinajstić information content (AvgIpc) is 2.79. The number of aromatic hydroxyl groups is 1. The molecule has 0 aliphatic carbocycles. The number of phenols is 1. The Kier molecular flexibility index (Phi) is 7.97. The lowest BCUT2D eigenvalue weighted by atomic mass is 9.90. The Morgan fingerprint density at radius 1 is 1.06 bits per heavy atom. The van der Waals surface area contributed by atoms with E-state index >= 15 is 0 Å². The predicted molar refractivity (Wildman–Crippen MR) is 134 cm³/mol. The van der Waals surface area contributed by atoms with Crippen molar-refractivity contribution in [3.63, 3.8) is 0 Å². The number of hydrogen-bond acceptors (Lipinski definition) is 4. The minimum atomic E-state index is -0.805. The number of anilines is 2. The average molecular weight is 466 g/mol. The van der Waals surface area contributed by atoms with E-state index in [-0.39, 0.29) is 23.5 Å². The molecule has 1 atom stereocenters. The van der Waals surface area contributed by atoms with Crippen molar-refractivity contribution in [2.24, 2.45) is 0 Å². The van der Waals surface area contributed by atoms with Crippen molar-refractivity contribution in [1.82, 2.24) is 4.90 Å². The van der Waals surface area contributed by atoms with Gasteiger partial charge in [0.1, 0.15) is 11.8 Å². The normalized spacial score (nSPS) is 15.0. The van der Waals surface area contributed by atoms with Gasteiger partial charge < -0.3 is 20.6 Å². The van der Waals surface area contributed by atoms with Gasteiger partial charge in [0.05, 0.1) is 0 Å². The van der Waals surface area contributed by atoms with Crippen molar-refractivity contribution in [3.8, 4) is 5.75 Å². The van der Waals surface area contributed by atoms with Gasteiger partial charge in [-0.25, -0.2) is 0 Å². The number of amides is 3. The molecule has 0 bridgehead atoms. The zero-order valence-electron chi connectivity index (χ0n) is 20.7. The second kappa shape index (κ2) is 10.7. The van der Waals surface area contributed by atoms with Gasteiger partial charge in [0.15, 0.2) is 0 Å². The number of nitrogens with zero attached hydrogens (tertiary/aromatic N) is 1. The molecule has 7 nitrogen and oxygen atoms in total. The summed E-state index contributed by atoms with van der Waals surface area (Å²) >= 11 is 0. The summed E-state index contributed by atoms with van der Waals surface area (Å²) < 4.78 is 0. The van der Waals surface area contributed by atoms with E-state index in [0.29, 0.717) is 41.9 Å². The molecule has 0 aromatic heterocycles. The lowest BCUT2D eigenvalue weighted by Crippen LogP contribution is -2.45. The number of carbonyl (C=O) groups is 3. The molecule has 1 heterocycles. The van der Waals surface area contributed by atoms with Crippen LogP contribution in [0.15, 0.2) is 24.3 Å². The van der Waals surface area contributed by atoms with Crippen LogP contribution in [0.25, 0.3) is 0 Å². The first-order chi connectivity index (χ1) is 16.1. The van der Waals surface area contributed by atoms with Crippen molar-refractivity contribution in [3.05, 3.63) is 52.1 Å². The molecule has 0 saturated carbocycles. The van der Waals surface area contributed by atoms with Crippen LogP contribution in [0.4, 0.5) is 11.4 Å². The van der Waals surface area contributed by atoms with Gasteiger partial charge in [0.2, 0.25) is 11.8 Å². The summed E-state index contributed by atoms with van der Waals surface area (Å²) in [6.07, 6.45) is 3.81. The van der Waals surface area contributed by atoms with Crippen molar-refractivity contribution in [2.45, 2.75) is 72.8 Å². The Hall–Kier alpha value is -3.35. The van der Waals surface area contributed by atoms with E-state index in [1.807, 2.05) is 26.0 Å². The van der Waals surface area contributed by atoms with Gasteiger partial charge in [-0.2, -0.15) is 0 Å². The van der Waals surface area contributed by atoms with Crippen molar-refractivity contribution < 1.29 is 19.5 Å². The van der Waals surface area contributed by atoms with Gasteiger partial charge in [-0.15, -0.1) is 0 Å². The van der Waals surface area contributed by atoms with Gasteiger partial charge in [0.25, 0.3) is 5.91 Å². The first-order valence-corrected chi connectivity index (χ1v) is 11.9. The van der Waals surface area contributed by atoms with Crippen molar-refractivity contribution in [2.75, 3.05) is 17.2 Å². The smallest absolute Gasteiger partial charge is 0.251 e. The van der Waals surface area contributed by atoms with E-state index in [1.54, 1.807) is 24.0 Å². The monoisotopic (exact) mass is 465 g/mol. The number of phenolic OH excluding ortho intramolecular Hbond substituents is 1. The van der Waals surface area contributed by atoms with Gasteiger partial charge in [-0.3, -0.25) is 14.4 Å². The fraction of sp³-hybridized carbons (Fsp3) is 0.444. The lowest BCUT2D eigenvalue weighted by molar-refractivity contribution is -0.139. The maximum Gasteiger partial charge on any atom is 0.251 e. The summed E-state index contributed by atoms with van der Waals surface area (Å²) in [6.45, 7) is 9.43. The minimum absolute atomic E-state index is 0.0426. The topological polar surface area (TPSA) is 98.7 Å². The van der Waals surface area contributed by atoms with E-state index in [4.69, 9.17) is 0 Å². The second-order valence-electron chi connectivity index (χ2n) is 9.12.